The van der Waals surface area contributed by atoms with Crippen LogP contribution >= 0.6 is 0 Å². The van der Waals surface area contributed by atoms with E-state index < -0.39 is 0 Å². The number of nitrogens with zero attached hydrogens (tertiary/aromatic N) is 4. The van der Waals surface area contributed by atoms with E-state index in [9.17, 15) is 0 Å². The van der Waals surface area contributed by atoms with Crippen LogP contribution in [-0.2, 0) is 6.42 Å². The Kier molecular flexibility index (Phi) is 2.87. The van der Waals surface area contributed by atoms with Crippen LogP contribution in [-0.4, -0.2) is 19.6 Å². The van der Waals surface area contributed by atoms with Gasteiger partial charge in [-0.1, -0.05) is 43.7 Å². The second-order valence-corrected chi connectivity index (χ2v) is 4.43. The molecule has 0 amide bonds. The molecule has 2 aromatic heterocycles. The van der Waals surface area contributed by atoms with E-state index in [0.717, 1.165) is 29.7 Å². The zero-order valence-electron chi connectivity index (χ0n) is 10.7. The highest BCUT2D eigenvalue weighted by atomic mass is 15.3. The van der Waals surface area contributed by atoms with Crippen LogP contribution in [0.1, 0.15) is 19.0 Å². The molecule has 0 aliphatic rings. The largest absolute Gasteiger partial charge is 0.368 e. The van der Waals surface area contributed by atoms with Crippen molar-refractivity contribution in [2.75, 3.05) is 5.73 Å². The van der Waals surface area contributed by atoms with Crippen molar-refractivity contribution in [1.29, 1.82) is 0 Å². The minimum absolute atomic E-state index is 0.367. The van der Waals surface area contributed by atoms with Gasteiger partial charge in [0.2, 0.25) is 5.95 Å². The van der Waals surface area contributed by atoms with Crippen molar-refractivity contribution in [3.63, 3.8) is 0 Å². The predicted octanol–water partition coefficient (Wildman–Crippen LogP) is 2.33. The van der Waals surface area contributed by atoms with Crippen LogP contribution in [0.25, 0.3) is 17.0 Å². The predicted molar refractivity (Wildman–Crippen MR) is 74.6 cm³/mol. The molecule has 3 rings (SSSR count). The maximum atomic E-state index is 5.95. The summed E-state index contributed by atoms with van der Waals surface area (Å²) in [5.41, 5.74) is 8.65. The van der Waals surface area contributed by atoms with E-state index in [2.05, 4.69) is 22.0 Å². The maximum absolute atomic E-state index is 5.95. The average molecular weight is 253 g/mol. The molecule has 1 aromatic carbocycles. The van der Waals surface area contributed by atoms with Crippen molar-refractivity contribution in [2.45, 2.75) is 19.8 Å². The third-order valence-corrected chi connectivity index (χ3v) is 2.94. The Morgan fingerprint density at radius 2 is 1.95 bits per heavy atom. The summed E-state index contributed by atoms with van der Waals surface area (Å²) in [6.45, 7) is 2.12. The van der Waals surface area contributed by atoms with Crippen LogP contribution in [0, 0.1) is 0 Å². The lowest BCUT2D eigenvalue weighted by Gasteiger charge is -2.02. The van der Waals surface area contributed by atoms with Crippen molar-refractivity contribution < 1.29 is 0 Å². The minimum atomic E-state index is 0.367. The third kappa shape index (κ3) is 2.14. The molecule has 0 unspecified atom stereocenters. The average Bonchev–Trinajstić information content (AvgIpc) is 2.83. The van der Waals surface area contributed by atoms with Crippen molar-refractivity contribution in [2.24, 2.45) is 0 Å². The molecular formula is C14H15N5. The molecule has 0 spiro atoms. The lowest BCUT2D eigenvalue weighted by atomic mass is 10.2. The number of fused-ring (bicyclic) bond motifs is 1. The van der Waals surface area contributed by atoms with Gasteiger partial charge in [-0.3, -0.25) is 0 Å². The third-order valence-electron chi connectivity index (χ3n) is 2.94. The molecule has 5 heteroatoms. The van der Waals surface area contributed by atoms with Gasteiger partial charge in [0.05, 0.1) is 5.69 Å². The zero-order valence-corrected chi connectivity index (χ0v) is 10.7. The maximum Gasteiger partial charge on any atom is 0.225 e. The summed E-state index contributed by atoms with van der Waals surface area (Å²) in [6, 6.07) is 11.8. The van der Waals surface area contributed by atoms with E-state index in [1.165, 1.54) is 0 Å². The van der Waals surface area contributed by atoms with Crippen LogP contribution in [0.5, 0.6) is 0 Å². The monoisotopic (exact) mass is 253 g/mol. The molecule has 3 aromatic rings. The summed E-state index contributed by atoms with van der Waals surface area (Å²) in [4.78, 5) is 8.83. The van der Waals surface area contributed by atoms with E-state index in [0.29, 0.717) is 11.8 Å². The van der Waals surface area contributed by atoms with Gasteiger partial charge in [-0.15, -0.1) is 0 Å². The molecule has 0 atom stereocenters. The molecule has 0 saturated carbocycles. The van der Waals surface area contributed by atoms with Crippen molar-refractivity contribution in [3.8, 4) is 11.4 Å². The second kappa shape index (κ2) is 4.68. The smallest absolute Gasteiger partial charge is 0.225 e. The van der Waals surface area contributed by atoms with Crippen LogP contribution < -0.4 is 5.73 Å². The van der Waals surface area contributed by atoms with Gasteiger partial charge < -0.3 is 5.73 Å². The Hall–Kier alpha value is -2.43. The molecule has 5 nitrogen and oxygen atoms in total. The first-order valence-corrected chi connectivity index (χ1v) is 6.35. The number of anilines is 1. The Bertz CT molecular complexity index is 702. The summed E-state index contributed by atoms with van der Waals surface area (Å²) in [7, 11) is 0. The lowest BCUT2D eigenvalue weighted by molar-refractivity contribution is 0.827. The molecule has 0 aliphatic heterocycles. The first kappa shape index (κ1) is 11.6. The van der Waals surface area contributed by atoms with Gasteiger partial charge in [0, 0.05) is 11.6 Å². The number of hydrogen-bond donors (Lipinski definition) is 1. The fourth-order valence-corrected chi connectivity index (χ4v) is 2.05. The van der Waals surface area contributed by atoms with E-state index in [-0.39, 0.29) is 0 Å². The minimum Gasteiger partial charge on any atom is -0.368 e. The van der Waals surface area contributed by atoms with E-state index in [1.807, 2.05) is 36.4 Å². The van der Waals surface area contributed by atoms with Gasteiger partial charge in [-0.2, -0.15) is 14.6 Å². The number of benzene rings is 1. The highest BCUT2D eigenvalue weighted by Crippen LogP contribution is 2.17. The topological polar surface area (TPSA) is 69.1 Å². The second-order valence-electron chi connectivity index (χ2n) is 4.43. The molecule has 96 valence electrons. The van der Waals surface area contributed by atoms with E-state index in [4.69, 9.17) is 5.73 Å². The molecule has 2 N–H and O–H groups in total. The molecule has 0 bridgehead atoms. The number of aryl methyl sites for hydroxylation is 1. The van der Waals surface area contributed by atoms with Gasteiger partial charge in [-0.25, -0.2) is 4.98 Å². The standard InChI is InChI=1S/C14H15N5/c1-2-6-11-9-12-16-13(10-7-4-3-5-8-10)17-14(15)19(12)18-11/h3-5,7-9H,2,6H2,1H3,(H2,15,16,17). The number of nitrogens with two attached hydrogens (primary N) is 1. The van der Waals surface area contributed by atoms with E-state index in [1.54, 1.807) is 4.52 Å². The fourth-order valence-electron chi connectivity index (χ4n) is 2.05. The van der Waals surface area contributed by atoms with Gasteiger partial charge >= 0.3 is 0 Å². The van der Waals surface area contributed by atoms with Crippen LogP contribution in [0.3, 0.4) is 0 Å². The molecule has 0 fully saturated rings. The van der Waals surface area contributed by atoms with Gasteiger partial charge in [0.1, 0.15) is 0 Å². The summed E-state index contributed by atoms with van der Waals surface area (Å²) in [5.74, 6) is 1.000. The summed E-state index contributed by atoms with van der Waals surface area (Å²) in [5, 5.41) is 4.40. The molecule has 2 heterocycles. The Morgan fingerprint density at radius 3 is 2.68 bits per heavy atom. The Morgan fingerprint density at radius 1 is 1.16 bits per heavy atom. The molecule has 0 saturated heterocycles. The zero-order chi connectivity index (χ0) is 13.2. The number of nitrogen functional groups attached to an aromatic ring is 1. The lowest BCUT2D eigenvalue weighted by Crippen LogP contribution is -2.05. The van der Waals surface area contributed by atoms with E-state index >= 15 is 0 Å². The van der Waals surface area contributed by atoms with Crippen LogP contribution in [0.4, 0.5) is 5.95 Å². The van der Waals surface area contributed by atoms with Gasteiger partial charge in [0.25, 0.3) is 0 Å². The molecule has 19 heavy (non-hydrogen) atoms. The summed E-state index contributed by atoms with van der Waals surface area (Å²) >= 11 is 0. The van der Waals surface area contributed by atoms with Crippen LogP contribution in [0.2, 0.25) is 0 Å². The Balaban J connectivity index is 2.13. The van der Waals surface area contributed by atoms with Gasteiger partial charge in [0.15, 0.2) is 11.5 Å². The van der Waals surface area contributed by atoms with Crippen LogP contribution in [0.15, 0.2) is 36.4 Å². The fraction of sp³-hybridized carbons (Fsp3) is 0.214. The quantitative estimate of drug-likeness (QED) is 0.777. The van der Waals surface area contributed by atoms with Crippen molar-refractivity contribution in [3.05, 3.63) is 42.1 Å². The normalized spacial score (nSPS) is 11.0. The number of hydrogen-bond acceptors (Lipinski definition) is 4. The Labute approximate surface area is 111 Å². The van der Waals surface area contributed by atoms with Crippen molar-refractivity contribution in [1.82, 2.24) is 19.6 Å². The summed E-state index contributed by atoms with van der Waals surface area (Å²) < 4.78 is 1.59. The number of aromatic nitrogens is 4. The first-order chi connectivity index (χ1) is 9.28. The molecule has 0 aliphatic carbocycles. The van der Waals surface area contributed by atoms with Crippen molar-refractivity contribution >= 4 is 11.6 Å². The summed E-state index contributed by atoms with van der Waals surface area (Å²) in [6.07, 6.45) is 1.96. The molecular weight excluding hydrogens is 238 g/mol. The first-order valence-electron chi connectivity index (χ1n) is 6.35. The SMILES string of the molecule is CCCc1cc2nc(-c3ccccc3)nc(N)n2n1. The number of rotatable bonds is 3. The highest BCUT2D eigenvalue weighted by Gasteiger charge is 2.09. The highest BCUT2D eigenvalue weighted by molar-refractivity contribution is 5.59. The van der Waals surface area contributed by atoms with Gasteiger partial charge in [-0.05, 0) is 6.42 Å². The molecule has 0 radical (unpaired) electrons.